The van der Waals surface area contributed by atoms with Crippen LogP contribution in [0.5, 0.6) is 5.75 Å². The molecule has 0 radical (unpaired) electrons. The maximum atomic E-state index is 6.05. The summed E-state index contributed by atoms with van der Waals surface area (Å²) < 4.78 is 5.69. The molecule has 0 aromatic heterocycles. The summed E-state index contributed by atoms with van der Waals surface area (Å²) in [5.74, 6) is 1.34. The van der Waals surface area contributed by atoms with E-state index in [2.05, 4.69) is 11.8 Å². The van der Waals surface area contributed by atoms with Gasteiger partial charge in [0.05, 0.1) is 5.02 Å². The summed E-state index contributed by atoms with van der Waals surface area (Å²) in [5, 5.41) is 1.17. The molecule has 0 bridgehead atoms. The monoisotopic (exact) mass is 302 g/mol. The van der Waals surface area contributed by atoms with Gasteiger partial charge in [-0.25, -0.2) is 0 Å². The Balaban J connectivity index is 1.80. The van der Waals surface area contributed by atoms with Crippen molar-refractivity contribution in [3.05, 3.63) is 28.2 Å². The summed E-state index contributed by atoms with van der Waals surface area (Å²) in [6.45, 7) is 5.76. The molecule has 1 saturated heterocycles. The Bertz CT molecular complexity index is 418. The molecule has 106 valence electrons. The van der Waals surface area contributed by atoms with Crippen LogP contribution in [-0.2, 0) is 0 Å². The third kappa shape index (κ3) is 4.53. The first kappa shape index (κ1) is 14.9. The number of benzene rings is 1. The van der Waals surface area contributed by atoms with Crippen LogP contribution in [0.4, 0.5) is 0 Å². The van der Waals surface area contributed by atoms with E-state index >= 15 is 0 Å². The number of hydrogen-bond acceptors (Lipinski definition) is 3. The second-order valence-corrected chi connectivity index (χ2v) is 6.13. The van der Waals surface area contributed by atoms with E-state index in [0.29, 0.717) is 28.3 Å². The van der Waals surface area contributed by atoms with Gasteiger partial charge in [-0.3, -0.25) is 4.90 Å². The molecule has 3 nitrogen and oxygen atoms in total. The zero-order chi connectivity index (χ0) is 13.8. The lowest BCUT2D eigenvalue weighted by molar-refractivity contribution is 0.140. The third-order valence-electron chi connectivity index (χ3n) is 3.33. The zero-order valence-electron chi connectivity index (χ0n) is 11.1. The molecule has 0 spiro atoms. The highest BCUT2D eigenvalue weighted by atomic mass is 35.5. The van der Waals surface area contributed by atoms with Crippen LogP contribution in [0.25, 0.3) is 0 Å². The molecule has 5 heteroatoms. The average Bonchev–Trinajstić information content (AvgIpc) is 2.30. The molecule has 1 heterocycles. The maximum Gasteiger partial charge on any atom is 0.138 e. The number of ether oxygens (including phenoxy) is 1. The van der Waals surface area contributed by atoms with Crippen molar-refractivity contribution < 1.29 is 4.74 Å². The molecule has 19 heavy (non-hydrogen) atoms. The Morgan fingerprint density at radius 3 is 2.84 bits per heavy atom. The van der Waals surface area contributed by atoms with Gasteiger partial charge in [0, 0.05) is 30.7 Å². The Kier molecular flexibility index (Phi) is 5.34. The largest absolute Gasteiger partial charge is 0.491 e. The smallest absolute Gasteiger partial charge is 0.138 e. The molecule has 1 aromatic rings. The van der Waals surface area contributed by atoms with E-state index in [1.165, 1.54) is 0 Å². The Morgan fingerprint density at radius 2 is 2.16 bits per heavy atom. The lowest BCUT2D eigenvalue weighted by Gasteiger charge is -2.34. The van der Waals surface area contributed by atoms with Crippen molar-refractivity contribution in [3.8, 4) is 5.75 Å². The number of halogens is 2. The summed E-state index contributed by atoms with van der Waals surface area (Å²) >= 11 is 11.9. The van der Waals surface area contributed by atoms with Crippen LogP contribution in [-0.4, -0.2) is 37.2 Å². The Morgan fingerprint density at radius 1 is 1.37 bits per heavy atom. The van der Waals surface area contributed by atoms with Gasteiger partial charge in [0.15, 0.2) is 0 Å². The van der Waals surface area contributed by atoms with Crippen molar-refractivity contribution in [2.45, 2.75) is 19.4 Å². The van der Waals surface area contributed by atoms with Gasteiger partial charge in [0.2, 0.25) is 0 Å². The van der Waals surface area contributed by atoms with Gasteiger partial charge in [0.25, 0.3) is 0 Å². The SMILES string of the molecule is CC1CC(N)CN(CCOc2ccc(Cl)cc2Cl)C1. The van der Waals surface area contributed by atoms with Gasteiger partial charge in [-0.2, -0.15) is 0 Å². The Hall–Kier alpha value is -0.480. The highest BCUT2D eigenvalue weighted by molar-refractivity contribution is 6.35. The topological polar surface area (TPSA) is 38.5 Å². The van der Waals surface area contributed by atoms with Gasteiger partial charge in [-0.15, -0.1) is 0 Å². The molecule has 2 unspecified atom stereocenters. The van der Waals surface area contributed by atoms with Gasteiger partial charge in [0.1, 0.15) is 12.4 Å². The van der Waals surface area contributed by atoms with E-state index in [1.54, 1.807) is 18.2 Å². The van der Waals surface area contributed by atoms with Crippen molar-refractivity contribution in [2.75, 3.05) is 26.2 Å². The summed E-state index contributed by atoms with van der Waals surface area (Å²) in [6, 6.07) is 5.55. The summed E-state index contributed by atoms with van der Waals surface area (Å²) in [4.78, 5) is 2.35. The van der Waals surface area contributed by atoms with Crippen LogP contribution in [0, 0.1) is 5.92 Å². The molecule has 0 saturated carbocycles. The molecule has 0 amide bonds. The van der Waals surface area contributed by atoms with Crippen LogP contribution in [0.15, 0.2) is 18.2 Å². The van der Waals surface area contributed by atoms with Crippen LogP contribution in [0.2, 0.25) is 10.0 Å². The molecular weight excluding hydrogens is 283 g/mol. The Labute approximate surface area is 124 Å². The first-order valence-corrected chi connectivity index (χ1v) is 7.36. The third-order valence-corrected chi connectivity index (χ3v) is 3.86. The van der Waals surface area contributed by atoms with Gasteiger partial charge < -0.3 is 10.5 Å². The lowest BCUT2D eigenvalue weighted by Crippen LogP contribution is -2.47. The average molecular weight is 303 g/mol. The fourth-order valence-electron chi connectivity index (χ4n) is 2.57. The molecular formula is C14H20Cl2N2O. The van der Waals surface area contributed by atoms with Crippen LogP contribution >= 0.6 is 23.2 Å². The van der Waals surface area contributed by atoms with Crippen molar-refractivity contribution in [3.63, 3.8) is 0 Å². The van der Waals surface area contributed by atoms with Crippen molar-refractivity contribution in [1.82, 2.24) is 4.90 Å². The highest BCUT2D eigenvalue weighted by Crippen LogP contribution is 2.27. The van der Waals surface area contributed by atoms with Crippen molar-refractivity contribution in [2.24, 2.45) is 11.7 Å². The molecule has 2 atom stereocenters. The molecule has 2 N–H and O–H groups in total. The number of hydrogen-bond donors (Lipinski definition) is 1. The number of nitrogens with zero attached hydrogens (tertiary/aromatic N) is 1. The van der Waals surface area contributed by atoms with Crippen LogP contribution in [0.1, 0.15) is 13.3 Å². The fraction of sp³-hybridized carbons (Fsp3) is 0.571. The van der Waals surface area contributed by atoms with E-state index in [-0.39, 0.29) is 6.04 Å². The first-order valence-electron chi connectivity index (χ1n) is 6.60. The first-order chi connectivity index (χ1) is 9.04. The summed E-state index contributed by atoms with van der Waals surface area (Å²) in [7, 11) is 0. The maximum absolute atomic E-state index is 6.05. The van der Waals surface area contributed by atoms with E-state index in [0.717, 1.165) is 26.1 Å². The molecule has 0 aliphatic carbocycles. The normalized spacial score (nSPS) is 24.4. The zero-order valence-corrected chi connectivity index (χ0v) is 12.6. The predicted octanol–water partition coefficient (Wildman–Crippen LogP) is 3.04. The van der Waals surface area contributed by atoms with E-state index in [1.807, 2.05) is 0 Å². The summed E-state index contributed by atoms with van der Waals surface area (Å²) in [5.41, 5.74) is 6.02. The second-order valence-electron chi connectivity index (χ2n) is 5.28. The van der Waals surface area contributed by atoms with E-state index < -0.39 is 0 Å². The number of rotatable bonds is 4. The van der Waals surface area contributed by atoms with E-state index in [4.69, 9.17) is 33.7 Å². The number of nitrogens with two attached hydrogens (primary N) is 1. The van der Waals surface area contributed by atoms with Gasteiger partial charge in [-0.05, 0) is 30.5 Å². The second kappa shape index (κ2) is 6.80. The number of piperidine rings is 1. The predicted molar refractivity (Wildman–Crippen MR) is 80.2 cm³/mol. The highest BCUT2D eigenvalue weighted by Gasteiger charge is 2.21. The standard InChI is InChI=1S/C14H20Cl2N2O/c1-10-6-12(17)9-18(8-10)4-5-19-14-3-2-11(15)7-13(14)16/h2-3,7,10,12H,4-6,8-9,17H2,1H3. The lowest BCUT2D eigenvalue weighted by atomic mass is 9.97. The summed E-state index contributed by atoms with van der Waals surface area (Å²) in [6.07, 6.45) is 1.11. The minimum atomic E-state index is 0.280. The number of likely N-dealkylation sites (tertiary alicyclic amines) is 1. The minimum absolute atomic E-state index is 0.280. The van der Waals surface area contributed by atoms with Crippen LogP contribution in [0.3, 0.4) is 0 Å². The van der Waals surface area contributed by atoms with Crippen molar-refractivity contribution >= 4 is 23.2 Å². The minimum Gasteiger partial charge on any atom is -0.491 e. The molecule has 1 aromatic carbocycles. The van der Waals surface area contributed by atoms with Gasteiger partial charge >= 0.3 is 0 Å². The quantitative estimate of drug-likeness (QED) is 0.929. The molecule has 1 aliphatic rings. The fourth-order valence-corrected chi connectivity index (χ4v) is 3.04. The van der Waals surface area contributed by atoms with Gasteiger partial charge in [-0.1, -0.05) is 30.1 Å². The molecule has 1 fully saturated rings. The van der Waals surface area contributed by atoms with Crippen LogP contribution < -0.4 is 10.5 Å². The van der Waals surface area contributed by atoms with E-state index in [9.17, 15) is 0 Å². The molecule has 1 aliphatic heterocycles. The molecule has 2 rings (SSSR count). The van der Waals surface area contributed by atoms with Crippen molar-refractivity contribution in [1.29, 1.82) is 0 Å².